The van der Waals surface area contributed by atoms with Gasteiger partial charge in [-0.05, 0) is 29.9 Å². The van der Waals surface area contributed by atoms with Gasteiger partial charge in [-0.15, -0.1) is 0 Å². The van der Waals surface area contributed by atoms with Crippen LogP contribution in [0.4, 0.5) is 4.79 Å². The first kappa shape index (κ1) is 15.0. The van der Waals surface area contributed by atoms with Crippen molar-refractivity contribution in [1.29, 1.82) is 0 Å². The zero-order valence-electron chi connectivity index (χ0n) is 12.2. The molecule has 118 valence electrons. The lowest BCUT2D eigenvalue weighted by Crippen LogP contribution is -2.42. The summed E-state index contributed by atoms with van der Waals surface area (Å²) in [5.41, 5.74) is -0.242. The van der Waals surface area contributed by atoms with Gasteiger partial charge < -0.3 is 9.84 Å². The summed E-state index contributed by atoms with van der Waals surface area (Å²) in [5, 5.41) is 9.47. The van der Waals surface area contributed by atoms with E-state index in [9.17, 15) is 19.5 Å². The molecule has 6 nitrogen and oxygen atoms in total. The number of carboxylic acid groups (broad SMARTS) is 1. The summed E-state index contributed by atoms with van der Waals surface area (Å²) in [6.07, 6.45) is 4.65. The van der Waals surface area contributed by atoms with Crippen LogP contribution in [0.1, 0.15) is 12.0 Å². The number of rotatable bonds is 3. The Bertz CT molecular complexity index is 691. The number of allylic oxidation sites excluding steroid dienone is 2. The lowest BCUT2D eigenvalue weighted by molar-refractivity contribution is -0.146. The number of ketones is 1. The molecule has 1 aromatic carbocycles. The fraction of sp³-hybridized carbons (Fsp3) is 0.235. The molecule has 0 aromatic heterocycles. The number of hydrogen-bond donors (Lipinski definition) is 1. The van der Waals surface area contributed by atoms with Crippen LogP contribution < -0.4 is 0 Å². The fourth-order valence-electron chi connectivity index (χ4n) is 2.77. The van der Waals surface area contributed by atoms with Gasteiger partial charge in [-0.1, -0.05) is 30.3 Å². The molecule has 6 heteroatoms. The summed E-state index contributed by atoms with van der Waals surface area (Å²) < 4.78 is 5.35. The molecule has 0 saturated carbocycles. The highest BCUT2D eigenvalue weighted by Gasteiger charge is 2.48. The zero-order valence-corrected chi connectivity index (χ0v) is 12.2. The quantitative estimate of drug-likeness (QED) is 0.862. The number of amides is 1. The number of carbonyl (C=O) groups is 3. The molecule has 1 spiro atoms. The van der Waals surface area contributed by atoms with Crippen molar-refractivity contribution in [3.8, 4) is 0 Å². The van der Waals surface area contributed by atoms with E-state index >= 15 is 0 Å². The smallest absolute Gasteiger partial charge is 0.408 e. The van der Waals surface area contributed by atoms with Crippen molar-refractivity contribution < 1.29 is 24.2 Å². The summed E-state index contributed by atoms with van der Waals surface area (Å²) in [4.78, 5) is 36.1. The summed E-state index contributed by atoms with van der Waals surface area (Å²) in [7, 11) is 0. The first-order valence-electron chi connectivity index (χ1n) is 7.18. The Morgan fingerprint density at radius 3 is 2.48 bits per heavy atom. The minimum Gasteiger partial charge on any atom is -0.465 e. The largest absolute Gasteiger partial charge is 0.465 e. The highest BCUT2D eigenvalue weighted by Crippen LogP contribution is 2.34. The molecule has 1 atom stereocenters. The molecule has 0 radical (unpaired) electrons. The molecule has 1 heterocycles. The maximum absolute atomic E-state index is 12.2. The van der Waals surface area contributed by atoms with E-state index in [1.165, 1.54) is 24.3 Å². The second-order valence-electron chi connectivity index (χ2n) is 5.56. The summed E-state index contributed by atoms with van der Waals surface area (Å²) >= 11 is 0. The highest BCUT2D eigenvalue weighted by molar-refractivity contribution is 6.01. The third-order valence-electron chi connectivity index (χ3n) is 3.95. The number of nitrogens with zero attached hydrogens (tertiary/aromatic N) is 1. The van der Waals surface area contributed by atoms with Crippen LogP contribution in [-0.2, 0) is 20.9 Å². The maximum Gasteiger partial charge on any atom is 0.408 e. The zero-order chi connectivity index (χ0) is 16.4. The van der Waals surface area contributed by atoms with Gasteiger partial charge in [-0.3, -0.25) is 9.69 Å². The van der Waals surface area contributed by atoms with Crippen molar-refractivity contribution in [2.24, 2.45) is 0 Å². The van der Waals surface area contributed by atoms with E-state index in [4.69, 9.17) is 4.74 Å². The molecule has 2 aliphatic rings. The first-order valence-corrected chi connectivity index (χ1v) is 7.18. The van der Waals surface area contributed by atoms with Gasteiger partial charge in [0.15, 0.2) is 11.4 Å². The number of ether oxygens (including phenoxy) is 1. The Balaban J connectivity index is 1.82. The molecule has 1 fully saturated rings. The summed E-state index contributed by atoms with van der Waals surface area (Å²) in [6, 6.07) is 8.14. The van der Waals surface area contributed by atoms with Gasteiger partial charge in [-0.25, -0.2) is 9.59 Å². The van der Waals surface area contributed by atoms with E-state index in [-0.39, 0.29) is 18.7 Å². The summed E-state index contributed by atoms with van der Waals surface area (Å²) in [5.74, 6) is -0.790. The normalized spacial score (nSPS) is 21.5. The topological polar surface area (TPSA) is 83.9 Å². The molecular formula is C17H15NO5. The molecular weight excluding hydrogens is 298 g/mol. The molecule has 0 bridgehead atoms. The van der Waals surface area contributed by atoms with Gasteiger partial charge >= 0.3 is 12.1 Å². The Hall–Kier alpha value is -2.89. The molecule has 1 aliphatic carbocycles. The van der Waals surface area contributed by atoms with Crippen LogP contribution in [0.5, 0.6) is 0 Å². The average Bonchev–Trinajstić information content (AvgIpc) is 2.85. The Morgan fingerprint density at radius 2 is 1.87 bits per heavy atom. The predicted molar refractivity (Wildman–Crippen MR) is 80.5 cm³/mol. The maximum atomic E-state index is 12.2. The molecule has 1 saturated heterocycles. The van der Waals surface area contributed by atoms with Crippen molar-refractivity contribution in [3.63, 3.8) is 0 Å². The van der Waals surface area contributed by atoms with Gasteiger partial charge in [0.25, 0.3) is 0 Å². The number of benzene rings is 1. The van der Waals surface area contributed by atoms with Gasteiger partial charge in [0.05, 0.1) is 0 Å². The SMILES string of the molecule is O=C1C=CC2(C=C1)C[C@H](N(Cc1ccccc1)C(=O)O)C(=O)O2. The average molecular weight is 313 g/mol. The van der Waals surface area contributed by atoms with E-state index < -0.39 is 23.7 Å². The van der Waals surface area contributed by atoms with Crippen LogP contribution in [0.3, 0.4) is 0 Å². The van der Waals surface area contributed by atoms with Crippen LogP contribution >= 0.6 is 0 Å². The van der Waals surface area contributed by atoms with Crippen molar-refractivity contribution in [2.45, 2.75) is 24.6 Å². The van der Waals surface area contributed by atoms with E-state index in [2.05, 4.69) is 0 Å². The van der Waals surface area contributed by atoms with Crippen LogP contribution in [0, 0.1) is 0 Å². The number of carbonyl (C=O) groups excluding carboxylic acids is 2. The Morgan fingerprint density at radius 1 is 1.22 bits per heavy atom. The third-order valence-corrected chi connectivity index (χ3v) is 3.95. The molecule has 23 heavy (non-hydrogen) atoms. The van der Waals surface area contributed by atoms with Crippen LogP contribution in [0.25, 0.3) is 0 Å². The van der Waals surface area contributed by atoms with E-state index in [0.717, 1.165) is 10.5 Å². The van der Waals surface area contributed by atoms with E-state index in [1.54, 1.807) is 12.1 Å². The highest BCUT2D eigenvalue weighted by atomic mass is 16.6. The van der Waals surface area contributed by atoms with Crippen molar-refractivity contribution in [3.05, 3.63) is 60.2 Å². The van der Waals surface area contributed by atoms with Crippen LogP contribution in [0.15, 0.2) is 54.6 Å². The standard InChI is InChI=1S/C17H15NO5/c19-13-6-8-17(9-7-13)10-14(15(20)23-17)18(16(21)22)11-12-4-2-1-3-5-12/h1-9,14H,10-11H2,(H,21,22)/t14-/m0/s1. The fourth-order valence-corrected chi connectivity index (χ4v) is 2.77. The minimum atomic E-state index is -1.19. The van der Waals surface area contributed by atoms with Crippen LogP contribution in [-0.4, -0.2) is 39.5 Å². The van der Waals surface area contributed by atoms with Crippen molar-refractivity contribution in [1.82, 2.24) is 4.90 Å². The van der Waals surface area contributed by atoms with Crippen molar-refractivity contribution in [2.75, 3.05) is 0 Å². The second-order valence-corrected chi connectivity index (χ2v) is 5.56. The molecule has 0 unspecified atom stereocenters. The Labute approximate surface area is 132 Å². The summed E-state index contributed by atoms with van der Waals surface area (Å²) in [6.45, 7) is 0.0956. The lowest BCUT2D eigenvalue weighted by atomic mass is 9.92. The van der Waals surface area contributed by atoms with Gasteiger partial charge in [0.1, 0.15) is 6.04 Å². The molecule has 1 N–H and O–H groups in total. The van der Waals surface area contributed by atoms with Crippen LogP contribution in [0.2, 0.25) is 0 Å². The molecule has 3 rings (SSSR count). The van der Waals surface area contributed by atoms with Crippen molar-refractivity contribution >= 4 is 17.8 Å². The molecule has 1 aliphatic heterocycles. The number of esters is 1. The number of hydrogen-bond acceptors (Lipinski definition) is 4. The second kappa shape index (κ2) is 5.72. The van der Waals surface area contributed by atoms with Gasteiger partial charge in [-0.2, -0.15) is 0 Å². The molecule has 1 amide bonds. The Kier molecular flexibility index (Phi) is 3.73. The monoisotopic (exact) mass is 313 g/mol. The third kappa shape index (κ3) is 3.01. The molecule has 1 aromatic rings. The van der Waals surface area contributed by atoms with Gasteiger partial charge in [0.2, 0.25) is 0 Å². The van der Waals surface area contributed by atoms with E-state index in [1.807, 2.05) is 18.2 Å². The minimum absolute atomic E-state index is 0.0956. The van der Waals surface area contributed by atoms with Gasteiger partial charge in [0, 0.05) is 13.0 Å². The predicted octanol–water partition coefficient (Wildman–Crippen LogP) is 1.92. The lowest BCUT2D eigenvalue weighted by Gasteiger charge is -2.24. The van der Waals surface area contributed by atoms with E-state index in [0.29, 0.717) is 0 Å². The first-order chi connectivity index (χ1) is 11.0.